The molecule has 116 valence electrons. The van der Waals surface area contributed by atoms with Gasteiger partial charge in [0, 0.05) is 19.6 Å². The molecule has 21 heavy (non-hydrogen) atoms. The Morgan fingerprint density at radius 3 is 2.67 bits per heavy atom. The Bertz CT molecular complexity index is 454. The number of nitrogens with one attached hydrogen (secondary N) is 1. The highest BCUT2D eigenvalue weighted by atomic mass is 16.2. The van der Waals surface area contributed by atoms with E-state index in [1.54, 1.807) is 6.07 Å². The fourth-order valence-corrected chi connectivity index (χ4v) is 2.52. The molecule has 1 aromatic heterocycles. The number of rotatable bonds is 5. The molecule has 1 saturated heterocycles. The monoisotopic (exact) mass is 291 g/mol. The van der Waals surface area contributed by atoms with Crippen LogP contribution in [-0.2, 0) is 0 Å². The lowest BCUT2D eigenvalue weighted by molar-refractivity contribution is 0.0652. The number of carbonyl (C=O) groups excluding carboxylic acids is 1. The van der Waals surface area contributed by atoms with Gasteiger partial charge in [-0.05, 0) is 51.5 Å². The number of hydrogen-bond donors (Lipinski definition) is 1. The Morgan fingerprint density at radius 1 is 1.38 bits per heavy atom. The van der Waals surface area contributed by atoms with E-state index in [0.717, 1.165) is 44.7 Å². The highest BCUT2D eigenvalue weighted by molar-refractivity contribution is 5.92. The smallest absolute Gasteiger partial charge is 0.274 e. The molecule has 6 nitrogen and oxygen atoms in total. The van der Waals surface area contributed by atoms with Crippen molar-refractivity contribution in [2.24, 2.45) is 0 Å². The Kier molecular flexibility index (Phi) is 5.50. The first-order chi connectivity index (χ1) is 10.1. The summed E-state index contributed by atoms with van der Waals surface area (Å²) in [5, 5.41) is 11.3. The van der Waals surface area contributed by atoms with E-state index in [2.05, 4.69) is 34.4 Å². The molecule has 0 aliphatic carbocycles. The van der Waals surface area contributed by atoms with Crippen LogP contribution in [0, 0.1) is 0 Å². The highest BCUT2D eigenvalue weighted by Crippen LogP contribution is 2.16. The molecule has 0 aromatic carbocycles. The quantitative estimate of drug-likeness (QED) is 0.890. The second kappa shape index (κ2) is 7.36. The van der Waals surface area contributed by atoms with Crippen LogP contribution in [0.15, 0.2) is 12.1 Å². The summed E-state index contributed by atoms with van der Waals surface area (Å²) < 4.78 is 0. The first-order valence-corrected chi connectivity index (χ1v) is 7.65. The molecule has 6 heteroatoms. The predicted molar refractivity (Wildman–Crippen MR) is 83.4 cm³/mol. The molecule has 0 spiro atoms. The van der Waals surface area contributed by atoms with Crippen LogP contribution >= 0.6 is 0 Å². The predicted octanol–water partition coefficient (Wildman–Crippen LogP) is 1.46. The van der Waals surface area contributed by atoms with Crippen molar-refractivity contribution in [2.75, 3.05) is 39.0 Å². The van der Waals surface area contributed by atoms with Crippen molar-refractivity contribution < 1.29 is 4.79 Å². The molecule has 1 amide bonds. The first-order valence-electron chi connectivity index (χ1n) is 7.65. The van der Waals surface area contributed by atoms with Crippen LogP contribution in [0.1, 0.15) is 36.7 Å². The van der Waals surface area contributed by atoms with Crippen molar-refractivity contribution in [3.63, 3.8) is 0 Å². The number of carbonyl (C=O) groups is 1. The fraction of sp³-hybridized carbons (Fsp3) is 0.667. The fourth-order valence-electron chi connectivity index (χ4n) is 2.52. The van der Waals surface area contributed by atoms with Gasteiger partial charge in [0.05, 0.1) is 0 Å². The molecule has 1 aliphatic heterocycles. The summed E-state index contributed by atoms with van der Waals surface area (Å²) in [6.07, 6.45) is 3.06. The van der Waals surface area contributed by atoms with Crippen LogP contribution in [-0.4, -0.2) is 65.7 Å². The number of anilines is 1. The molecule has 2 rings (SSSR count). The van der Waals surface area contributed by atoms with E-state index in [1.807, 2.05) is 18.0 Å². The van der Waals surface area contributed by atoms with Gasteiger partial charge in [0.1, 0.15) is 5.82 Å². The summed E-state index contributed by atoms with van der Waals surface area (Å²) >= 11 is 0. The molecule has 1 N–H and O–H groups in total. The number of nitrogens with zero attached hydrogens (tertiary/aromatic N) is 4. The van der Waals surface area contributed by atoms with Gasteiger partial charge in [-0.2, -0.15) is 0 Å². The van der Waals surface area contributed by atoms with E-state index < -0.39 is 0 Å². The van der Waals surface area contributed by atoms with Crippen LogP contribution in [0.25, 0.3) is 0 Å². The molecule has 0 saturated carbocycles. The van der Waals surface area contributed by atoms with E-state index in [1.165, 1.54) is 0 Å². The minimum absolute atomic E-state index is 0.0425. The largest absolute Gasteiger partial charge is 0.369 e. The SMILES string of the molecule is CCCNc1ccc(C(=O)N(C)C2CCN(C)CC2)nn1. The molecule has 1 aromatic rings. The van der Waals surface area contributed by atoms with E-state index in [4.69, 9.17) is 0 Å². The second-order valence-corrected chi connectivity index (χ2v) is 5.68. The summed E-state index contributed by atoms with van der Waals surface area (Å²) in [5.41, 5.74) is 0.415. The van der Waals surface area contributed by atoms with Gasteiger partial charge >= 0.3 is 0 Å². The second-order valence-electron chi connectivity index (χ2n) is 5.68. The van der Waals surface area contributed by atoms with Gasteiger partial charge in [-0.15, -0.1) is 10.2 Å². The third-order valence-corrected chi connectivity index (χ3v) is 4.00. The zero-order valence-corrected chi connectivity index (χ0v) is 13.2. The van der Waals surface area contributed by atoms with Crippen LogP contribution in [0.5, 0.6) is 0 Å². The zero-order chi connectivity index (χ0) is 15.2. The standard InChI is InChI=1S/C15H25N5O/c1-4-9-16-14-6-5-13(17-18-14)15(21)20(3)12-7-10-19(2)11-8-12/h5-6,12H,4,7-11H2,1-3H3,(H,16,18). The van der Waals surface area contributed by atoms with Gasteiger partial charge in [0.15, 0.2) is 5.69 Å². The van der Waals surface area contributed by atoms with Crippen molar-refractivity contribution in [1.82, 2.24) is 20.0 Å². The lowest BCUT2D eigenvalue weighted by Gasteiger charge is -2.34. The maximum absolute atomic E-state index is 12.4. The molecule has 0 atom stereocenters. The minimum Gasteiger partial charge on any atom is -0.369 e. The minimum atomic E-state index is -0.0425. The average molecular weight is 291 g/mol. The Hall–Kier alpha value is -1.69. The molecule has 2 heterocycles. The van der Waals surface area contributed by atoms with Gasteiger partial charge in [0.2, 0.25) is 0 Å². The van der Waals surface area contributed by atoms with Crippen molar-refractivity contribution >= 4 is 11.7 Å². The summed E-state index contributed by atoms with van der Waals surface area (Å²) in [5.74, 6) is 0.675. The first kappa shape index (κ1) is 15.7. The van der Waals surface area contributed by atoms with Crippen LogP contribution in [0.2, 0.25) is 0 Å². The summed E-state index contributed by atoms with van der Waals surface area (Å²) in [7, 11) is 3.98. The topological polar surface area (TPSA) is 61.4 Å². The van der Waals surface area contributed by atoms with Crippen molar-refractivity contribution in [3.8, 4) is 0 Å². The number of piperidine rings is 1. The van der Waals surface area contributed by atoms with Gasteiger partial charge in [-0.1, -0.05) is 6.92 Å². The van der Waals surface area contributed by atoms with Gasteiger partial charge < -0.3 is 15.1 Å². The van der Waals surface area contributed by atoms with Crippen LogP contribution < -0.4 is 5.32 Å². The van der Waals surface area contributed by atoms with E-state index in [9.17, 15) is 4.79 Å². The lowest BCUT2D eigenvalue weighted by Crippen LogP contribution is -2.44. The van der Waals surface area contributed by atoms with Crippen molar-refractivity contribution in [1.29, 1.82) is 0 Å². The molecule has 0 radical (unpaired) electrons. The number of aromatic nitrogens is 2. The lowest BCUT2D eigenvalue weighted by atomic mass is 10.0. The Labute approximate surface area is 126 Å². The van der Waals surface area contributed by atoms with Crippen molar-refractivity contribution in [3.05, 3.63) is 17.8 Å². The van der Waals surface area contributed by atoms with Crippen molar-refractivity contribution in [2.45, 2.75) is 32.2 Å². The summed E-state index contributed by atoms with van der Waals surface area (Å²) in [6, 6.07) is 3.87. The molecule has 0 unspecified atom stereocenters. The van der Waals surface area contributed by atoms with E-state index in [-0.39, 0.29) is 5.91 Å². The average Bonchev–Trinajstić information content (AvgIpc) is 2.53. The van der Waals surface area contributed by atoms with E-state index in [0.29, 0.717) is 11.7 Å². The highest BCUT2D eigenvalue weighted by Gasteiger charge is 2.25. The van der Waals surface area contributed by atoms with E-state index >= 15 is 0 Å². The maximum atomic E-state index is 12.4. The Morgan fingerprint density at radius 2 is 2.10 bits per heavy atom. The normalized spacial score (nSPS) is 16.7. The maximum Gasteiger partial charge on any atom is 0.274 e. The molecule has 1 aliphatic rings. The van der Waals surface area contributed by atoms with Crippen LogP contribution in [0.3, 0.4) is 0 Å². The molecule has 0 bridgehead atoms. The van der Waals surface area contributed by atoms with Gasteiger partial charge in [-0.3, -0.25) is 4.79 Å². The molecular weight excluding hydrogens is 266 g/mol. The Balaban J connectivity index is 1.95. The number of likely N-dealkylation sites (tertiary alicyclic amines) is 1. The third-order valence-electron chi connectivity index (χ3n) is 4.00. The molecule has 1 fully saturated rings. The van der Waals surface area contributed by atoms with Gasteiger partial charge in [-0.25, -0.2) is 0 Å². The summed E-state index contributed by atoms with van der Waals surface area (Å²) in [4.78, 5) is 16.6. The molecular formula is C15H25N5O. The summed E-state index contributed by atoms with van der Waals surface area (Å²) in [6.45, 7) is 5.02. The van der Waals surface area contributed by atoms with Crippen LogP contribution in [0.4, 0.5) is 5.82 Å². The number of amides is 1. The third kappa shape index (κ3) is 4.14. The zero-order valence-electron chi connectivity index (χ0n) is 13.2. The number of hydrogen-bond acceptors (Lipinski definition) is 5. The van der Waals surface area contributed by atoms with Gasteiger partial charge in [0.25, 0.3) is 5.91 Å².